The molecule has 96 valence electrons. The summed E-state index contributed by atoms with van der Waals surface area (Å²) in [4.78, 5) is 23.5. The summed E-state index contributed by atoms with van der Waals surface area (Å²) in [6.07, 6.45) is 0. The summed E-state index contributed by atoms with van der Waals surface area (Å²) in [6, 6.07) is 2.55. The molecule has 0 aliphatic rings. The Bertz CT molecular complexity index is 579. The van der Waals surface area contributed by atoms with Crippen LogP contribution in [0.3, 0.4) is 0 Å². The lowest BCUT2D eigenvalue weighted by molar-refractivity contribution is -0.142. The van der Waals surface area contributed by atoms with E-state index in [0.29, 0.717) is 11.3 Å². The first-order valence-corrected chi connectivity index (χ1v) is 5.66. The van der Waals surface area contributed by atoms with Gasteiger partial charge in [0.2, 0.25) is 0 Å². The molecule has 1 N–H and O–H groups in total. The van der Waals surface area contributed by atoms with Gasteiger partial charge in [0, 0.05) is 5.69 Å². The van der Waals surface area contributed by atoms with E-state index in [1.54, 1.807) is 33.8 Å². The Hall–Kier alpha value is -2.09. The minimum atomic E-state index is -1.07. The van der Waals surface area contributed by atoms with Gasteiger partial charge in [0.15, 0.2) is 0 Å². The molecule has 1 atom stereocenters. The van der Waals surface area contributed by atoms with Gasteiger partial charge in [0.05, 0.1) is 0 Å². The number of carboxylic acid groups (broad SMARTS) is 1. The quantitative estimate of drug-likeness (QED) is 0.881. The van der Waals surface area contributed by atoms with Crippen molar-refractivity contribution >= 4 is 5.97 Å². The van der Waals surface area contributed by atoms with Crippen LogP contribution in [0.15, 0.2) is 10.9 Å². The van der Waals surface area contributed by atoms with Crippen molar-refractivity contribution in [1.82, 2.24) is 4.57 Å². The zero-order chi connectivity index (χ0) is 14.0. The predicted molar refractivity (Wildman–Crippen MR) is 66.4 cm³/mol. The summed E-state index contributed by atoms with van der Waals surface area (Å²) < 4.78 is 1.19. The number of nitriles is 1. The zero-order valence-electron chi connectivity index (χ0n) is 10.9. The summed E-state index contributed by atoms with van der Waals surface area (Å²) >= 11 is 0. The highest BCUT2D eigenvalue weighted by molar-refractivity contribution is 5.72. The summed E-state index contributed by atoms with van der Waals surface area (Å²) in [6.45, 7) is 6.81. The largest absolute Gasteiger partial charge is 0.480 e. The third-order valence-corrected chi connectivity index (χ3v) is 2.91. The molecule has 0 aliphatic heterocycles. The minimum Gasteiger partial charge on any atom is -0.480 e. The molecule has 0 saturated carbocycles. The van der Waals surface area contributed by atoms with E-state index in [2.05, 4.69) is 0 Å². The summed E-state index contributed by atoms with van der Waals surface area (Å²) in [5, 5.41) is 18.2. The number of hydrogen-bond donors (Lipinski definition) is 1. The first kappa shape index (κ1) is 14.0. The number of aryl methyl sites for hydroxylation is 2. The standard InChI is InChI=1S/C13H16N2O3/c1-7(2)11(13(17)18)15-9(4)5-8(3)10(6-14)12(15)16/h5,7,11H,1-4H3,(H,17,18)/t11-/m1/s1. The molecule has 0 radical (unpaired) electrons. The maximum atomic E-state index is 12.2. The molecule has 5 heteroatoms. The lowest BCUT2D eigenvalue weighted by Crippen LogP contribution is -2.36. The lowest BCUT2D eigenvalue weighted by atomic mass is 10.0. The second-order valence-electron chi connectivity index (χ2n) is 4.66. The van der Waals surface area contributed by atoms with Crippen LogP contribution in [0.4, 0.5) is 0 Å². The van der Waals surface area contributed by atoms with Gasteiger partial charge in [-0.2, -0.15) is 5.26 Å². The van der Waals surface area contributed by atoms with Crippen LogP contribution in [0.1, 0.15) is 36.7 Å². The molecule has 0 aliphatic carbocycles. The number of hydrogen-bond acceptors (Lipinski definition) is 3. The predicted octanol–water partition coefficient (Wildman–Crippen LogP) is 1.62. The average molecular weight is 248 g/mol. The highest BCUT2D eigenvalue weighted by Crippen LogP contribution is 2.19. The molecule has 1 aromatic rings. The summed E-state index contributed by atoms with van der Waals surface area (Å²) in [7, 11) is 0. The van der Waals surface area contributed by atoms with Crippen LogP contribution in [0.5, 0.6) is 0 Å². The molecule has 0 bridgehead atoms. The van der Waals surface area contributed by atoms with E-state index in [-0.39, 0.29) is 11.5 Å². The van der Waals surface area contributed by atoms with Gasteiger partial charge in [0.1, 0.15) is 17.7 Å². The van der Waals surface area contributed by atoms with E-state index in [1.807, 2.05) is 6.07 Å². The zero-order valence-corrected chi connectivity index (χ0v) is 10.9. The lowest BCUT2D eigenvalue weighted by Gasteiger charge is -2.22. The van der Waals surface area contributed by atoms with E-state index in [1.165, 1.54) is 4.57 Å². The summed E-state index contributed by atoms with van der Waals surface area (Å²) in [5.41, 5.74) is 0.602. The number of rotatable bonds is 3. The molecule has 1 aromatic heterocycles. The van der Waals surface area contributed by atoms with Crippen molar-refractivity contribution in [3.8, 4) is 6.07 Å². The van der Waals surface area contributed by atoms with Gasteiger partial charge in [-0.15, -0.1) is 0 Å². The van der Waals surface area contributed by atoms with Crippen LogP contribution >= 0.6 is 0 Å². The third-order valence-electron chi connectivity index (χ3n) is 2.91. The van der Waals surface area contributed by atoms with E-state index in [4.69, 9.17) is 5.26 Å². The second kappa shape index (κ2) is 5.05. The van der Waals surface area contributed by atoms with Crippen LogP contribution in [-0.4, -0.2) is 15.6 Å². The normalized spacial score (nSPS) is 12.2. The van der Waals surface area contributed by atoms with Crippen LogP contribution in [-0.2, 0) is 4.79 Å². The molecule has 0 spiro atoms. The molecule has 0 aromatic carbocycles. The molecule has 1 rings (SSSR count). The number of aliphatic carboxylic acids is 1. The first-order valence-electron chi connectivity index (χ1n) is 5.66. The van der Waals surface area contributed by atoms with E-state index < -0.39 is 17.6 Å². The number of aromatic nitrogens is 1. The number of pyridine rings is 1. The van der Waals surface area contributed by atoms with Gasteiger partial charge in [-0.3, -0.25) is 9.36 Å². The van der Waals surface area contributed by atoms with E-state index in [9.17, 15) is 14.7 Å². The van der Waals surface area contributed by atoms with Crippen LogP contribution in [0, 0.1) is 31.1 Å². The number of nitrogens with zero attached hydrogens (tertiary/aromatic N) is 2. The molecular formula is C13H16N2O3. The molecule has 1 heterocycles. The Kier molecular flexibility index (Phi) is 3.92. The maximum Gasteiger partial charge on any atom is 0.327 e. The van der Waals surface area contributed by atoms with Gasteiger partial charge in [-0.1, -0.05) is 13.8 Å². The highest BCUT2D eigenvalue weighted by Gasteiger charge is 2.27. The Morgan fingerprint density at radius 1 is 1.44 bits per heavy atom. The maximum absolute atomic E-state index is 12.2. The van der Waals surface area contributed by atoms with Crippen molar-refractivity contribution in [2.45, 2.75) is 33.7 Å². The van der Waals surface area contributed by atoms with Gasteiger partial charge >= 0.3 is 5.97 Å². The van der Waals surface area contributed by atoms with Crippen LogP contribution < -0.4 is 5.56 Å². The van der Waals surface area contributed by atoms with Crippen molar-refractivity contribution in [2.24, 2.45) is 5.92 Å². The van der Waals surface area contributed by atoms with Crippen molar-refractivity contribution in [3.05, 3.63) is 33.2 Å². The Morgan fingerprint density at radius 3 is 2.39 bits per heavy atom. The van der Waals surface area contributed by atoms with Gasteiger partial charge in [-0.25, -0.2) is 4.79 Å². The Balaban J connectivity index is 3.65. The van der Waals surface area contributed by atoms with E-state index >= 15 is 0 Å². The molecule has 18 heavy (non-hydrogen) atoms. The molecule has 0 amide bonds. The third kappa shape index (κ3) is 2.28. The molecule has 0 unspecified atom stereocenters. The Labute approximate surface area is 105 Å². The fraction of sp³-hybridized carbons (Fsp3) is 0.462. The average Bonchev–Trinajstić information content (AvgIpc) is 2.23. The Morgan fingerprint density at radius 2 is 2.00 bits per heavy atom. The number of carbonyl (C=O) groups is 1. The van der Waals surface area contributed by atoms with Crippen LogP contribution in [0.2, 0.25) is 0 Å². The summed E-state index contributed by atoms with van der Waals surface area (Å²) in [5.74, 6) is -1.31. The molecule has 0 saturated heterocycles. The molecule has 0 fully saturated rings. The van der Waals surface area contributed by atoms with Gasteiger partial charge in [-0.05, 0) is 31.4 Å². The van der Waals surface area contributed by atoms with Crippen molar-refractivity contribution < 1.29 is 9.90 Å². The van der Waals surface area contributed by atoms with E-state index in [0.717, 1.165) is 0 Å². The molecule has 5 nitrogen and oxygen atoms in total. The monoisotopic (exact) mass is 248 g/mol. The second-order valence-corrected chi connectivity index (χ2v) is 4.66. The number of carboxylic acids is 1. The minimum absolute atomic E-state index is 0.00694. The first-order chi connectivity index (χ1) is 8.31. The highest BCUT2D eigenvalue weighted by atomic mass is 16.4. The van der Waals surface area contributed by atoms with Gasteiger partial charge < -0.3 is 5.11 Å². The smallest absolute Gasteiger partial charge is 0.327 e. The van der Waals surface area contributed by atoms with Crippen molar-refractivity contribution in [2.75, 3.05) is 0 Å². The fourth-order valence-electron chi connectivity index (χ4n) is 2.08. The SMILES string of the molecule is Cc1cc(C)n([C@@H](C(=O)O)C(C)C)c(=O)c1C#N. The topological polar surface area (TPSA) is 83.1 Å². The fourth-order valence-corrected chi connectivity index (χ4v) is 2.08. The molecular weight excluding hydrogens is 232 g/mol. The van der Waals surface area contributed by atoms with Crippen molar-refractivity contribution in [1.29, 1.82) is 5.26 Å². The van der Waals surface area contributed by atoms with Crippen molar-refractivity contribution in [3.63, 3.8) is 0 Å². The van der Waals surface area contributed by atoms with Crippen LogP contribution in [0.25, 0.3) is 0 Å². The van der Waals surface area contributed by atoms with Gasteiger partial charge in [0.25, 0.3) is 5.56 Å².